The van der Waals surface area contributed by atoms with Gasteiger partial charge in [0.2, 0.25) is 0 Å². The monoisotopic (exact) mass is 224 g/mol. The van der Waals surface area contributed by atoms with Crippen LogP contribution in [0.15, 0.2) is 0 Å². The van der Waals surface area contributed by atoms with Gasteiger partial charge in [-0.05, 0) is 33.6 Å². The maximum atomic E-state index is 5.96. The number of aromatic nitrogens is 3. The van der Waals surface area contributed by atoms with Crippen LogP contribution in [0.5, 0.6) is 0 Å². The summed E-state index contributed by atoms with van der Waals surface area (Å²) < 4.78 is 2.21. The fourth-order valence-corrected chi connectivity index (χ4v) is 2.30. The molecule has 1 rings (SSSR count). The minimum atomic E-state index is -0.0223. The predicted octanol–water partition coefficient (Wildman–Crippen LogP) is 2.18. The second-order valence-electron chi connectivity index (χ2n) is 4.73. The van der Waals surface area contributed by atoms with Crippen LogP contribution in [0, 0.1) is 6.92 Å². The van der Waals surface area contributed by atoms with Gasteiger partial charge in [-0.2, -0.15) is 0 Å². The first-order valence-electron chi connectivity index (χ1n) is 6.14. The molecule has 4 nitrogen and oxygen atoms in total. The number of aryl methyl sites for hydroxylation is 1. The van der Waals surface area contributed by atoms with Crippen molar-refractivity contribution in [3.63, 3.8) is 0 Å². The van der Waals surface area contributed by atoms with Crippen LogP contribution in [0.2, 0.25) is 0 Å². The average Bonchev–Trinajstić information content (AvgIpc) is 2.65. The summed E-state index contributed by atoms with van der Waals surface area (Å²) in [4.78, 5) is 0. The SMILES string of the molecule is CCC(CC)(CN)c1nnc(C)n1C(C)C. The van der Waals surface area contributed by atoms with Crippen molar-refractivity contribution >= 4 is 0 Å². The molecule has 92 valence electrons. The summed E-state index contributed by atoms with van der Waals surface area (Å²) in [5.41, 5.74) is 5.94. The van der Waals surface area contributed by atoms with E-state index in [4.69, 9.17) is 5.73 Å². The van der Waals surface area contributed by atoms with Gasteiger partial charge in [0.1, 0.15) is 11.6 Å². The minimum absolute atomic E-state index is 0.0223. The molecule has 1 aromatic heterocycles. The molecule has 0 radical (unpaired) electrons. The van der Waals surface area contributed by atoms with Gasteiger partial charge >= 0.3 is 0 Å². The third-order valence-electron chi connectivity index (χ3n) is 3.60. The van der Waals surface area contributed by atoms with Crippen LogP contribution in [-0.2, 0) is 5.41 Å². The molecule has 0 aromatic carbocycles. The number of nitrogens with two attached hydrogens (primary N) is 1. The fraction of sp³-hybridized carbons (Fsp3) is 0.833. The number of rotatable bonds is 5. The molecule has 0 aliphatic carbocycles. The van der Waals surface area contributed by atoms with Gasteiger partial charge in [-0.1, -0.05) is 13.8 Å². The lowest BCUT2D eigenvalue weighted by atomic mass is 9.81. The van der Waals surface area contributed by atoms with Crippen LogP contribution >= 0.6 is 0 Å². The van der Waals surface area contributed by atoms with Gasteiger partial charge in [0, 0.05) is 18.0 Å². The molecule has 0 unspecified atom stereocenters. The van der Waals surface area contributed by atoms with E-state index in [1.54, 1.807) is 0 Å². The van der Waals surface area contributed by atoms with E-state index in [0.717, 1.165) is 24.5 Å². The average molecular weight is 224 g/mol. The molecule has 0 atom stereocenters. The molecule has 0 bridgehead atoms. The Labute approximate surface area is 98.2 Å². The third kappa shape index (κ3) is 1.98. The molecular weight excluding hydrogens is 200 g/mol. The van der Waals surface area contributed by atoms with Crippen LogP contribution in [0.25, 0.3) is 0 Å². The second-order valence-corrected chi connectivity index (χ2v) is 4.73. The molecule has 0 saturated heterocycles. The van der Waals surface area contributed by atoms with Gasteiger partial charge in [-0.25, -0.2) is 0 Å². The van der Waals surface area contributed by atoms with Crippen LogP contribution < -0.4 is 5.73 Å². The zero-order valence-electron chi connectivity index (χ0n) is 11.1. The Morgan fingerprint density at radius 3 is 2.19 bits per heavy atom. The van der Waals surface area contributed by atoms with Gasteiger partial charge in [0.25, 0.3) is 0 Å². The zero-order chi connectivity index (χ0) is 12.3. The highest BCUT2D eigenvalue weighted by molar-refractivity contribution is 5.12. The van der Waals surface area contributed by atoms with E-state index in [1.165, 1.54) is 0 Å². The Kier molecular flexibility index (Phi) is 4.08. The number of hydrogen-bond donors (Lipinski definition) is 1. The quantitative estimate of drug-likeness (QED) is 0.834. The minimum Gasteiger partial charge on any atom is -0.329 e. The van der Waals surface area contributed by atoms with Crippen molar-refractivity contribution in [3.8, 4) is 0 Å². The molecule has 2 N–H and O–H groups in total. The normalized spacial score (nSPS) is 12.4. The van der Waals surface area contributed by atoms with Crippen LogP contribution in [0.4, 0.5) is 0 Å². The van der Waals surface area contributed by atoms with E-state index in [1.807, 2.05) is 6.92 Å². The van der Waals surface area contributed by atoms with Crippen molar-refractivity contribution in [1.82, 2.24) is 14.8 Å². The highest BCUT2D eigenvalue weighted by Gasteiger charge is 2.33. The van der Waals surface area contributed by atoms with Gasteiger partial charge in [-0.15, -0.1) is 10.2 Å². The summed E-state index contributed by atoms with van der Waals surface area (Å²) in [5, 5.41) is 8.56. The maximum Gasteiger partial charge on any atom is 0.140 e. The van der Waals surface area contributed by atoms with Gasteiger partial charge in [0.15, 0.2) is 0 Å². The summed E-state index contributed by atoms with van der Waals surface area (Å²) >= 11 is 0. The third-order valence-corrected chi connectivity index (χ3v) is 3.60. The first kappa shape index (κ1) is 13.2. The largest absolute Gasteiger partial charge is 0.329 e. The Morgan fingerprint density at radius 1 is 1.25 bits per heavy atom. The van der Waals surface area contributed by atoms with E-state index in [0.29, 0.717) is 12.6 Å². The maximum absolute atomic E-state index is 5.96. The van der Waals surface area contributed by atoms with E-state index in [-0.39, 0.29) is 5.41 Å². The zero-order valence-corrected chi connectivity index (χ0v) is 11.1. The summed E-state index contributed by atoms with van der Waals surface area (Å²) in [6.45, 7) is 11.3. The molecule has 0 saturated carbocycles. The molecule has 0 aliphatic rings. The lowest BCUT2D eigenvalue weighted by molar-refractivity contribution is 0.354. The molecule has 1 aromatic rings. The van der Waals surface area contributed by atoms with Crippen molar-refractivity contribution < 1.29 is 0 Å². The molecule has 0 fully saturated rings. The van der Waals surface area contributed by atoms with Crippen molar-refractivity contribution in [3.05, 3.63) is 11.6 Å². The van der Waals surface area contributed by atoms with Gasteiger partial charge < -0.3 is 10.3 Å². The Hall–Kier alpha value is -0.900. The molecular formula is C12H24N4. The van der Waals surface area contributed by atoms with Gasteiger partial charge in [-0.3, -0.25) is 0 Å². The first-order valence-corrected chi connectivity index (χ1v) is 6.14. The Bertz CT molecular complexity index is 329. The van der Waals surface area contributed by atoms with E-state index >= 15 is 0 Å². The lowest BCUT2D eigenvalue weighted by Crippen LogP contribution is -2.37. The predicted molar refractivity (Wildman–Crippen MR) is 66.5 cm³/mol. The first-order chi connectivity index (χ1) is 7.52. The van der Waals surface area contributed by atoms with Crippen LogP contribution in [0.1, 0.15) is 58.2 Å². The molecule has 0 amide bonds. The Balaban J connectivity index is 3.30. The van der Waals surface area contributed by atoms with Crippen LogP contribution in [-0.4, -0.2) is 21.3 Å². The summed E-state index contributed by atoms with van der Waals surface area (Å²) in [6.07, 6.45) is 2.01. The molecule has 16 heavy (non-hydrogen) atoms. The van der Waals surface area contributed by atoms with Crippen molar-refractivity contribution in [2.45, 2.75) is 58.9 Å². The molecule has 4 heteroatoms. The van der Waals surface area contributed by atoms with E-state index in [2.05, 4.69) is 42.5 Å². The molecule has 0 aliphatic heterocycles. The van der Waals surface area contributed by atoms with Crippen LogP contribution in [0.3, 0.4) is 0 Å². The van der Waals surface area contributed by atoms with Crippen molar-refractivity contribution in [2.24, 2.45) is 5.73 Å². The number of hydrogen-bond acceptors (Lipinski definition) is 3. The summed E-state index contributed by atoms with van der Waals surface area (Å²) in [7, 11) is 0. The summed E-state index contributed by atoms with van der Waals surface area (Å²) in [5.74, 6) is 2.03. The lowest BCUT2D eigenvalue weighted by Gasteiger charge is -2.30. The van der Waals surface area contributed by atoms with E-state index in [9.17, 15) is 0 Å². The van der Waals surface area contributed by atoms with Gasteiger partial charge in [0.05, 0.1) is 0 Å². The fourth-order valence-electron chi connectivity index (χ4n) is 2.30. The number of nitrogens with zero attached hydrogens (tertiary/aromatic N) is 3. The van der Waals surface area contributed by atoms with Crippen molar-refractivity contribution in [1.29, 1.82) is 0 Å². The van der Waals surface area contributed by atoms with E-state index < -0.39 is 0 Å². The smallest absolute Gasteiger partial charge is 0.140 e. The summed E-state index contributed by atoms with van der Waals surface area (Å²) in [6, 6.07) is 0.383. The highest BCUT2D eigenvalue weighted by atomic mass is 15.3. The Morgan fingerprint density at radius 2 is 1.81 bits per heavy atom. The molecule has 0 spiro atoms. The highest BCUT2D eigenvalue weighted by Crippen LogP contribution is 2.31. The second kappa shape index (κ2) is 4.95. The molecule has 1 heterocycles. The standard InChI is InChI=1S/C12H24N4/c1-6-12(7-2,8-13)11-15-14-10(5)16(11)9(3)4/h9H,6-8,13H2,1-5H3. The topological polar surface area (TPSA) is 56.7 Å². The van der Waals surface area contributed by atoms with Crippen molar-refractivity contribution in [2.75, 3.05) is 6.54 Å².